The second-order valence-electron chi connectivity index (χ2n) is 4.75. The number of nitrogens with zero attached hydrogens (tertiary/aromatic N) is 1. The van der Waals surface area contributed by atoms with Gasteiger partial charge in [0.15, 0.2) is 0 Å². The number of carbonyl (C=O) groups is 1. The largest absolute Gasteiger partial charge is 0.342 e. The molecule has 0 bridgehead atoms. The van der Waals surface area contributed by atoms with Crippen molar-refractivity contribution in [3.05, 3.63) is 70.9 Å². The average molecular weight is 300 g/mol. The molecule has 3 N–H and O–H groups in total. The summed E-state index contributed by atoms with van der Waals surface area (Å²) in [7, 11) is 0. The van der Waals surface area contributed by atoms with Gasteiger partial charge in [-0.15, -0.1) is 0 Å². The molecule has 106 valence electrons. The van der Waals surface area contributed by atoms with Gasteiger partial charge in [0.05, 0.1) is 10.5 Å². The van der Waals surface area contributed by atoms with Crippen molar-refractivity contribution in [3.63, 3.8) is 0 Å². The zero-order valence-electron chi connectivity index (χ0n) is 11.2. The topological polar surface area (TPSA) is 60.0 Å². The number of carbonyl (C=O) groups excluding carboxylic acids is 1. The van der Waals surface area contributed by atoms with Crippen molar-refractivity contribution in [2.24, 2.45) is 5.84 Å². The van der Waals surface area contributed by atoms with E-state index in [0.29, 0.717) is 17.1 Å². The smallest absolute Gasteiger partial charge is 0.265 e. The minimum Gasteiger partial charge on any atom is -0.342 e. The van der Waals surface area contributed by atoms with E-state index in [0.717, 1.165) is 16.5 Å². The number of nitrogen functional groups attached to an aromatic ring is 1. The molecule has 0 radical (unpaired) electrons. The van der Waals surface area contributed by atoms with Gasteiger partial charge in [-0.3, -0.25) is 10.2 Å². The molecule has 0 saturated heterocycles. The van der Waals surface area contributed by atoms with E-state index in [1.54, 1.807) is 6.07 Å². The lowest BCUT2D eigenvalue weighted by atomic mass is 10.1. The molecule has 0 unspecified atom stereocenters. The Morgan fingerprint density at radius 1 is 1.14 bits per heavy atom. The normalized spacial score (nSPS) is 10.8. The van der Waals surface area contributed by atoms with Crippen molar-refractivity contribution in [1.29, 1.82) is 0 Å². The minimum atomic E-state index is -0.298. The first-order valence-corrected chi connectivity index (χ1v) is 6.90. The molecule has 1 heterocycles. The van der Waals surface area contributed by atoms with Crippen LogP contribution in [0, 0.1) is 0 Å². The predicted molar refractivity (Wildman–Crippen MR) is 84.1 cm³/mol. The molecular formula is C16H14ClN3O. The molecule has 0 atom stereocenters. The SMILES string of the molecule is NNC(=O)c1ccccc1Cn1ccc2cccc(Cl)c21. The molecule has 0 saturated carbocycles. The summed E-state index contributed by atoms with van der Waals surface area (Å²) >= 11 is 6.28. The van der Waals surface area contributed by atoms with Gasteiger partial charge in [0.25, 0.3) is 5.91 Å². The molecule has 21 heavy (non-hydrogen) atoms. The van der Waals surface area contributed by atoms with Crippen LogP contribution in [0.5, 0.6) is 0 Å². The van der Waals surface area contributed by atoms with Crippen LogP contribution in [0.1, 0.15) is 15.9 Å². The summed E-state index contributed by atoms with van der Waals surface area (Å²) in [4.78, 5) is 11.8. The summed E-state index contributed by atoms with van der Waals surface area (Å²) in [5.74, 6) is 4.94. The van der Waals surface area contributed by atoms with Crippen LogP contribution in [-0.2, 0) is 6.54 Å². The molecule has 0 fully saturated rings. The van der Waals surface area contributed by atoms with Crippen molar-refractivity contribution < 1.29 is 4.79 Å². The van der Waals surface area contributed by atoms with Crippen molar-refractivity contribution >= 4 is 28.4 Å². The number of benzene rings is 2. The number of rotatable bonds is 3. The number of hydrazine groups is 1. The first-order chi connectivity index (χ1) is 10.2. The Morgan fingerprint density at radius 2 is 1.95 bits per heavy atom. The standard InChI is InChI=1S/C16H14ClN3O/c17-14-7-3-5-11-8-9-20(15(11)14)10-12-4-1-2-6-13(12)16(21)19-18/h1-9H,10,18H2,(H,19,21). The zero-order valence-corrected chi connectivity index (χ0v) is 12.0. The second kappa shape index (κ2) is 5.60. The minimum absolute atomic E-state index is 0.298. The van der Waals surface area contributed by atoms with E-state index in [4.69, 9.17) is 17.4 Å². The highest BCUT2D eigenvalue weighted by molar-refractivity contribution is 6.35. The fourth-order valence-corrected chi connectivity index (χ4v) is 2.78. The highest BCUT2D eigenvalue weighted by Crippen LogP contribution is 2.25. The Hall–Kier alpha value is -2.30. The summed E-state index contributed by atoms with van der Waals surface area (Å²) < 4.78 is 2.03. The highest BCUT2D eigenvalue weighted by atomic mass is 35.5. The van der Waals surface area contributed by atoms with E-state index in [-0.39, 0.29) is 5.91 Å². The van der Waals surface area contributed by atoms with Gasteiger partial charge in [-0.05, 0) is 23.8 Å². The summed E-state index contributed by atoms with van der Waals surface area (Å²) in [6, 6.07) is 15.2. The summed E-state index contributed by atoms with van der Waals surface area (Å²) in [5.41, 5.74) is 4.59. The van der Waals surface area contributed by atoms with Crippen molar-refractivity contribution in [1.82, 2.24) is 9.99 Å². The van der Waals surface area contributed by atoms with E-state index >= 15 is 0 Å². The first kappa shape index (κ1) is 13.7. The Morgan fingerprint density at radius 3 is 2.76 bits per heavy atom. The van der Waals surface area contributed by atoms with Gasteiger partial charge in [0.2, 0.25) is 0 Å². The number of nitrogens with one attached hydrogen (secondary N) is 1. The van der Waals surface area contributed by atoms with E-state index in [2.05, 4.69) is 5.43 Å². The van der Waals surface area contributed by atoms with Crippen LogP contribution >= 0.6 is 11.6 Å². The van der Waals surface area contributed by atoms with Crippen LogP contribution < -0.4 is 11.3 Å². The van der Waals surface area contributed by atoms with Crippen molar-refractivity contribution in [3.8, 4) is 0 Å². The number of nitrogens with two attached hydrogens (primary N) is 1. The highest BCUT2D eigenvalue weighted by Gasteiger charge is 2.11. The molecule has 1 aromatic heterocycles. The Labute approximate surface area is 127 Å². The zero-order chi connectivity index (χ0) is 14.8. The lowest BCUT2D eigenvalue weighted by Gasteiger charge is -2.11. The van der Waals surface area contributed by atoms with Gasteiger partial charge >= 0.3 is 0 Å². The molecule has 1 amide bonds. The fourth-order valence-electron chi connectivity index (χ4n) is 2.49. The molecule has 0 spiro atoms. The van der Waals surface area contributed by atoms with Crippen molar-refractivity contribution in [2.75, 3.05) is 0 Å². The summed E-state index contributed by atoms with van der Waals surface area (Å²) in [5, 5.41) is 1.77. The third-order valence-electron chi connectivity index (χ3n) is 3.47. The molecule has 3 rings (SSSR count). The van der Waals surface area contributed by atoms with Gasteiger partial charge in [-0.25, -0.2) is 5.84 Å². The Bertz CT molecular complexity index is 810. The number of amides is 1. The van der Waals surface area contributed by atoms with E-state index < -0.39 is 0 Å². The number of aromatic nitrogens is 1. The van der Waals surface area contributed by atoms with Gasteiger partial charge < -0.3 is 4.57 Å². The number of hydrogen-bond acceptors (Lipinski definition) is 2. The van der Waals surface area contributed by atoms with E-state index in [1.807, 2.05) is 53.2 Å². The molecule has 0 aliphatic rings. The average Bonchev–Trinajstić information content (AvgIpc) is 2.91. The third-order valence-corrected chi connectivity index (χ3v) is 3.78. The lowest BCUT2D eigenvalue weighted by Crippen LogP contribution is -2.31. The maximum Gasteiger partial charge on any atom is 0.265 e. The maximum absolute atomic E-state index is 11.8. The van der Waals surface area contributed by atoms with E-state index in [1.165, 1.54) is 0 Å². The summed E-state index contributed by atoms with van der Waals surface area (Å²) in [6.07, 6.45) is 1.97. The lowest BCUT2D eigenvalue weighted by molar-refractivity contribution is 0.0952. The van der Waals surface area contributed by atoms with Gasteiger partial charge in [0, 0.05) is 23.7 Å². The molecular weight excluding hydrogens is 286 g/mol. The van der Waals surface area contributed by atoms with Crippen LogP contribution in [-0.4, -0.2) is 10.5 Å². The summed E-state index contributed by atoms with van der Waals surface area (Å²) in [6.45, 7) is 0.552. The molecule has 2 aromatic carbocycles. The monoisotopic (exact) mass is 299 g/mol. The van der Waals surface area contributed by atoms with E-state index in [9.17, 15) is 4.79 Å². The van der Waals surface area contributed by atoms with Gasteiger partial charge in [0.1, 0.15) is 0 Å². The number of fused-ring (bicyclic) bond motifs is 1. The van der Waals surface area contributed by atoms with Crippen LogP contribution in [0.3, 0.4) is 0 Å². The Kier molecular flexibility index (Phi) is 3.64. The quantitative estimate of drug-likeness (QED) is 0.444. The third kappa shape index (κ3) is 2.51. The Balaban J connectivity index is 2.06. The molecule has 0 aliphatic heterocycles. The van der Waals surface area contributed by atoms with Crippen LogP contribution in [0.2, 0.25) is 5.02 Å². The molecule has 5 heteroatoms. The second-order valence-corrected chi connectivity index (χ2v) is 5.16. The van der Waals surface area contributed by atoms with Crippen LogP contribution in [0.4, 0.5) is 0 Å². The predicted octanol–water partition coefficient (Wildman–Crippen LogP) is 2.95. The number of para-hydroxylation sites is 1. The van der Waals surface area contributed by atoms with Crippen LogP contribution in [0.15, 0.2) is 54.7 Å². The fraction of sp³-hybridized carbons (Fsp3) is 0.0625. The first-order valence-electron chi connectivity index (χ1n) is 6.53. The van der Waals surface area contributed by atoms with Gasteiger partial charge in [-0.1, -0.05) is 41.9 Å². The molecule has 3 aromatic rings. The maximum atomic E-state index is 11.8. The van der Waals surface area contributed by atoms with Crippen molar-refractivity contribution in [2.45, 2.75) is 6.54 Å². The van der Waals surface area contributed by atoms with Gasteiger partial charge in [-0.2, -0.15) is 0 Å². The van der Waals surface area contributed by atoms with Crippen LogP contribution in [0.25, 0.3) is 10.9 Å². The molecule has 4 nitrogen and oxygen atoms in total. The molecule has 0 aliphatic carbocycles. The number of halogens is 1. The number of hydrogen-bond donors (Lipinski definition) is 2.